The number of anilines is 3. The van der Waals surface area contributed by atoms with Crippen molar-refractivity contribution < 1.29 is 4.79 Å². The van der Waals surface area contributed by atoms with Crippen molar-refractivity contribution >= 4 is 50.6 Å². The number of H-pyrrole nitrogens is 2. The molecule has 10 nitrogen and oxygen atoms in total. The van der Waals surface area contributed by atoms with E-state index >= 15 is 0 Å². The summed E-state index contributed by atoms with van der Waals surface area (Å²) in [6.07, 6.45) is 9.68. The second kappa shape index (κ2) is 8.99. The molecule has 0 unspecified atom stereocenters. The lowest BCUT2D eigenvalue weighted by Crippen LogP contribution is -2.36. The van der Waals surface area contributed by atoms with Gasteiger partial charge in [0.05, 0.1) is 23.6 Å². The number of benzene rings is 1. The van der Waals surface area contributed by atoms with E-state index in [0.29, 0.717) is 13.1 Å². The fourth-order valence-electron chi connectivity index (χ4n) is 4.31. The van der Waals surface area contributed by atoms with E-state index < -0.39 is 0 Å². The Morgan fingerprint density at radius 2 is 2.00 bits per heavy atom. The number of nitrogens with one attached hydrogen (secondary N) is 4. The molecule has 4 aromatic heterocycles. The molecule has 0 saturated carbocycles. The summed E-state index contributed by atoms with van der Waals surface area (Å²) in [5.74, 6) is 0.712. The normalized spacial score (nSPS) is 14.2. The number of rotatable bonds is 6. The third-order valence-electron chi connectivity index (χ3n) is 6.10. The van der Waals surface area contributed by atoms with Crippen LogP contribution in [0.1, 0.15) is 12.1 Å². The van der Waals surface area contributed by atoms with Gasteiger partial charge in [-0.05, 0) is 48.4 Å². The molecule has 4 N–H and O–H groups in total. The lowest BCUT2D eigenvalue weighted by molar-refractivity contribution is -0.117. The highest BCUT2D eigenvalue weighted by Gasteiger charge is 2.18. The van der Waals surface area contributed by atoms with Crippen LogP contribution in [-0.4, -0.2) is 60.6 Å². The fourth-order valence-corrected chi connectivity index (χ4v) is 4.31. The predicted molar refractivity (Wildman–Crippen MR) is 135 cm³/mol. The van der Waals surface area contributed by atoms with Crippen LogP contribution in [0.2, 0.25) is 0 Å². The lowest BCUT2D eigenvalue weighted by atomic mass is 10.0. The molecule has 0 atom stereocenters. The smallest absolute Gasteiger partial charge is 0.238 e. The minimum Gasteiger partial charge on any atom is -0.340 e. The maximum absolute atomic E-state index is 12.4. The Morgan fingerprint density at radius 3 is 2.86 bits per heavy atom. The number of hydrogen-bond acceptors (Lipinski definition) is 7. The van der Waals surface area contributed by atoms with Crippen LogP contribution in [0.4, 0.5) is 17.2 Å². The molecule has 1 aliphatic heterocycles. The van der Waals surface area contributed by atoms with Crippen molar-refractivity contribution in [3.8, 4) is 0 Å². The van der Waals surface area contributed by atoms with Crippen molar-refractivity contribution in [2.24, 2.45) is 0 Å². The second-order valence-electron chi connectivity index (χ2n) is 8.46. The Kier molecular flexibility index (Phi) is 5.39. The molecule has 5 aromatic rings. The summed E-state index contributed by atoms with van der Waals surface area (Å²) in [5, 5.41) is 15.3. The quantitative estimate of drug-likeness (QED) is 0.301. The molecule has 0 fully saturated rings. The van der Waals surface area contributed by atoms with Crippen molar-refractivity contribution in [1.29, 1.82) is 0 Å². The number of pyridine rings is 1. The van der Waals surface area contributed by atoms with Crippen LogP contribution in [0.15, 0.2) is 67.4 Å². The highest BCUT2D eigenvalue weighted by atomic mass is 16.2. The van der Waals surface area contributed by atoms with Crippen LogP contribution in [0.25, 0.3) is 27.5 Å². The molecule has 0 spiro atoms. The van der Waals surface area contributed by atoms with E-state index in [1.165, 1.54) is 5.57 Å². The minimum atomic E-state index is -0.0294. The molecule has 0 saturated heterocycles. The summed E-state index contributed by atoms with van der Waals surface area (Å²) in [4.78, 5) is 30.8. The number of nitrogens with zero attached hydrogens (tertiary/aromatic N) is 5. The zero-order valence-electron chi connectivity index (χ0n) is 18.8. The molecule has 0 radical (unpaired) electrons. The first kappa shape index (κ1) is 21.0. The maximum atomic E-state index is 12.4. The van der Waals surface area contributed by atoms with Gasteiger partial charge in [-0.1, -0.05) is 6.08 Å². The van der Waals surface area contributed by atoms with E-state index in [-0.39, 0.29) is 5.91 Å². The van der Waals surface area contributed by atoms with E-state index in [2.05, 4.69) is 57.8 Å². The van der Waals surface area contributed by atoms with E-state index in [1.807, 2.05) is 18.2 Å². The van der Waals surface area contributed by atoms with Gasteiger partial charge in [0.15, 0.2) is 0 Å². The molecule has 5 heterocycles. The van der Waals surface area contributed by atoms with E-state index in [9.17, 15) is 4.79 Å². The molecule has 1 aromatic carbocycles. The highest BCUT2D eigenvalue weighted by Crippen LogP contribution is 2.29. The molecule has 10 heteroatoms. The zero-order chi connectivity index (χ0) is 23.6. The van der Waals surface area contributed by atoms with Crippen molar-refractivity contribution in [3.05, 3.63) is 73.1 Å². The molecular weight excluding hydrogens is 442 g/mol. The Morgan fingerprint density at radius 1 is 1.09 bits per heavy atom. The summed E-state index contributed by atoms with van der Waals surface area (Å²) < 4.78 is 0. The minimum absolute atomic E-state index is 0.0294. The number of hydrogen-bond donors (Lipinski definition) is 4. The summed E-state index contributed by atoms with van der Waals surface area (Å²) in [6.45, 7) is 1.85. The van der Waals surface area contributed by atoms with Gasteiger partial charge in [0.25, 0.3) is 0 Å². The van der Waals surface area contributed by atoms with Gasteiger partial charge in [-0.25, -0.2) is 9.97 Å². The van der Waals surface area contributed by atoms with Crippen LogP contribution in [-0.2, 0) is 4.79 Å². The number of amides is 1. The lowest BCUT2D eigenvalue weighted by Gasteiger charge is -2.25. The number of aromatic nitrogens is 6. The van der Waals surface area contributed by atoms with Gasteiger partial charge in [0.2, 0.25) is 5.91 Å². The van der Waals surface area contributed by atoms with Crippen molar-refractivity contribution in [2.75, 3.05) is 30.3 Å². The average Bonchev–Trinajstić information content (AvgIpc) is 3.52. The predicted octanol–water partition coefficient (Wildman–Crippen LogP) is 3.70. The topological polar surface area (TPSA) is 128 Å². The third kappa shape index (κ3) is 4.46. The van der Waals surface area contributed by atoms with Crippen LogP contribution in [0.5, 0.6) is 0 Å². The first-order valence-electron chi connectivity index (χ1n) is 11.4. The summed E-state index contributed by atoms with van der Waals surface area (Å²) in [5.41, 5.74) is 5.68. The van der Waals surface area contributed by atoms with Gasteiger partial charge < -0.3 is 15.6 Å². The molecule has 0 bridgehead atoms. The van der Waals surface area contributed by atoms with Crippen LogP contribution in [0.3, 0.4) is 0 Å². The Labute approximate surface area is 200 Å². The highest BCUT2D eigenvalue weighted by molar-refractivity contribution is 5.94. The molecule has 6 rings (SSSR count). The molecule has 35 heavy (non-hydrogen) atoms. The SMILES string of the molecule is O=C(CN1CC=C(c2cc3c(Nc4ccc5[nH]ncc5c4)ncnc3[nH]2)CC1)Nc1ccncc1. The van der Waals surface area contributed by atoms with E-state index in [4.69, 9.17) is 0 Å². The summed E-state index contributed by atoms with van der Waals surface area (Å²) in [7, 11) is 0. The van der Waals surface area contributed by atoms with Crippen LogP contribution >= 0.6 is 0 Å². The van der Waals surface area contributed by atoms with Gasteiger partial charge in [-0.15, -0.1) is 0 Å². The second-order valence-corrected chi connectivity index (χ2v) is 8.46. The van der Waals surface area contributed by atoms with Crippen LogP contribution in [0, 0.1) is 0 Å². The van der Waals surface area contributed by atoms with E-state index in [0.717, 1.165) is 57.8 Å². The molecule has 174 valence electrons. The van der Waals surface area contributed by atoms with Gasteiger partial charge in [0.1, 0.15) is 17.8 Å². The maximum Gasteiger partial charge on any atom is 0.238 e. The van der Waals surface area contributed by atoms with Crippen LogP contribution < -0.4 is 10.6 Å². The van der Waals surface area contributed by atoms with Crippen molar-refractivity contribution in [3.63, 3.8) is 0 Å². The van der Waals surface area contributed by atoms with Gasteiger partial charge in [-0.3, -0.25) is 19.8 Å². The number of carbonyl (C=O) groups excluding carboxylic acids is 1. The monoisotopic (exact) mass is 465 g/mol. The Balaban J connectivity index is 1.15. The van der Waals surface area contributed by atoms with Crippen molar-refractivity contribution in [1.82, 2.24) is 35.0 Å². The first-order valence-corrected chi connectivity index (χ1v) is 11.4. The Bertz CT molecular complexity index is 1540. The van der Waals surface area contributed by atoms with Gasteiger partial charge >= 0.3 is 0 Å². The zero-order valence-corrected chi connectivity index (χ0v) is 18.8. The average molecular weight is 466 g/mol. The van der Waals surface area contributed by atoms with Gasteiger partial charge in [-0.2, -0.15) is 5.10 Å². The summed E-state index contributed by atoms with van der Waals surface area (Å²) >= 11 is 0. The fraction of sp³-hybridized carbons (Fsp3) is 0.160. The summed E-state index contributed by atoms with van der Waals surface area (Å²) in [6, 6.07) is 11.7. The standard InChI is InChI=1S/C25H23N9O/c35-23(30-18-3-7-26-8-4-18)14-34-9-5-16(6-10-34)22-12-20-24(27-15-28-25(20)32-22)31-19-1-2-21-17(11-19)13-29-33-21/h1-5,7-8,11-13,15H,6,9-10,14H2,(H,29,33)(H,26,30,35)(H2,27,28,31,32). The third-order valence-corrected chi connectivity index (χ3v) is 6.10. The first-order chi connectivity index (χ1) is 17.2. The van der Waals surface area contributed by atoms with Crippen molar-refractivity contribution in [2.45, 2.75) is 6.42 Å². The van der Waals surface area contributed by atoms with Gasteiger partial charge in [0, 0.05) is 47.9 Å². The molecular formula is C25H23N9O. The Hall–Kier alpha value is -4.57. The molecule has 1 amide bonds. The molecule has 0 aliphatic carbocycles. The number of aromatic amines is 2. The van der Waals surface area contributed by atoms with E-state index in [1.54, 1.807) is 37.1 Å². The number of fused-ring (bicyclic) bond motifs is 2. The number of carbonyl (C=O) groups is 1. The molecule has 1 aliphatic rings. The largest absolute Gasteiger partial charge is 0.340 e.